The molecule has 1 aromatic heterocycles. The number of aromatic hydroxyl groups is 1. The van der Waals surface area contributed by atoms with Crippen molar-refractivity contribution in [2.45, 2.75) is 12.1 Å². The molecule has 114 valence electrons. The molecule has 0 saturated heterocycles. The number of hydrogen-bond acceptors (Lipinski definition) is 5. The van der Waals surface area contributed by atoms with Gasteiger partial charge in [0.2, 0.25) is 0 Å². The number of hydrogen-bond donors (Lipinski definition) is 1. The third kappa shape index (κ3) is 2.11. The predicted molar refractivity (Wildman–Crippen MR) is 80.9 cm³/mol. The molecule has 0 radical (unpaired) electrons. The largest absolute Gasteiger partial charge is 0.507 e. The van der Waals surface area contributed by atoms with E-state index in [-0.39, 0.29) is 17.1 Å². The van der Waals surface area contributed by atoms with Gasteiger partial charge in [-0.15, -0.1) is 0 Å². The summed E-state index contributed by atoms with van der Waals surface area (Å²) in [5, 5.41) is 18.9. The lowest BCUT2D eigenvalue weighted by Gasteiger charge is -2.26. The van der Waals surface area contributed by atoms with Crippen molar-refractivity contribution in [1.29, 1.82) is 0 Å². The van der Waals surface area contributed by atoms with E-state index in [9.17, 15) is 14.3 Å². The van der Waals surface area contributed by atoms with Gasteiger partial charge in [0, 0.05) is 0 Å². The average molecular weight is 310 g/mol. The van der Waals surface area contributed by atoms with E-state index in [0.29, 0.717) is 11.0 Å². The number of para-hydroxylation sites is 1. The minimum absolute atomic E-state index is 0.0769. The molecule has 4 rings (SSSR count). The Labute approximate surface area is 129 Å². The van der Waals surface area contributed by atoms with Gasteiger partial charge in [0.25, 0.3) is 0 Å². The highest BCUT2D eigenvalue weighted by molar-refractivity contribution is 5.84. The molecular formula is C17H11FN2O3. The smallest absolute Gasteiger partial charge is 0.345 e. The van der Waals surface area contributed by atoms with E-state index in [2.05, 4.69) is 10.2 Å². The summed E-state index contributed by atoms with van der Waals surface area (Å²) in [4.78, 5) is 12.2. The van der Waals surface area contributed by atoms with Crippen molar-refractivity contribution in [2.75, 3.05) is 0 Å². The summed E-state index contributed by atoms with van der Waals surface area (Å²) in [5.41, 5.74) is 0.469. The maximum absolute atomic E-state index is 13.0. The fraction of sp³-hybridized carbons (Fsp3) is 0.118. The van der Waals surface area contributed by atoms with Crippen molar-refractivity contribution in [3.63, 3.8) is 0 Å². The Hall–Kier alpha value is -3.02. The van der Waals surface area contributed by atoms with Crippen LogP contribution in [-0.2, 0) is 0 Å². The topological polar surface area (TPSA) is 75.2 Å². The lowest BCUT2D eigenvalue weighted by molar-refractivity contribution is 0.381. The molecular weight excluding hydrogens is 299 g/mol. The first-order chi connectivity index (χ1) is 11.1. The molecule has 3 aromatic rings. The van der Waals surface area contributed by atoms with Crippen LogP contribution in [0.25, 0.3) is 11.0 Å². The molecule has 6 heteroatoms. The highest BCUT2D eigenvalue weighted by atomic mass is 19.1. The molecule has 2 heterocycles. The van der Waals surface area contributed by atoms with Gasteiger partial charge in [-0.3, -0.25) is 0 Å². The summed E-state index contributed by atoms with van der Waals surface area (Å²) in [6.45, 7) is 0. The van der Waals surface area contributed by atoms with Gasteiger partial charge >= 0.3 is 5.63 Å². The summed E-state index contributed by atoms with van der Waals surface area (Å²) in [6.07, 6.45) is 0. The molecule has 0 spiro atoms. The van der Waals surface area contributed by atoms with Crippen LogP contribution in [-0.4, -0.2) is 5.11 Å². The zero-order valence-electron chi connectivity index (χ0n) is 11.8. The SMILES string of the molecule is O=c1oc2ccccc2c(O)c1C1N=NC1c1ccc(F)cc1. The molecule has 1 aliphatic rings. The number of fused-ring (bicyclic) bond motifs is 1. The highest BCUT2D eigenvalue weighted by Crippen LogP contribution is 2.45. The van der Waals surface area contributed by atoms with E-state index >= 15 is 0 Å². The maximum Gasteiger partial charge on any atom is 0.345 e. The van der Waals surface area contributed by atoms with Crippen LogP contribution in [0.4, 0.5) is 4.39 Å². The van der Waals surface area contributed by atoms with E-state index in [1.165, 1.54) is 12.1 Å². The third-order valence-corrected chi connectivity index (χ3v) is 3.94. The molecule has 2 unspecified atom stereocenters. The molecule has 0 fully saturated rings. The Balaban J connectivity index is 1.82. The van der Waals surface area contributed by atoms with Crippen molar-refractivity contribution in [1.82, 2.24) is 0 Å². The monoisotopic (exact) mass is 310 g/mol. The molecule has 5 nitrogen and oxygen atoms in total. The van der Waals surface area contributed by atoms with Gasteiger partial charge in [-0.1, -0.05) is 24.3 Å². The van der Waals surface area contributed by atoms with Crippen LogP contribution in [0.5, 0.6) is 5.75 Å². The van der Waals surface area contributed by atoms with Crippen LogP contribution in [0.3, 0.4) is 0 Å². The van der Waals surface area contributed by atoms with Crippen LogP contribution in [0.15, 0.2) is 68.0 Å². The van der Waals surface area contributed by atoms with Crippen molar-refractivity contribution >= 4 is 11.0 Å². The fourth-order valence-corrected chi connectivity index (χ4v) is 2.73. The molecule has 2 atom stereocenters. The fourth-order valence-electron chi connectivity index (χ4n) is 2.73. The number of rotatable bonds is 2. The summed E-state index contributed by atoms with van der Waals surface area (Å²) in [6, 6.07) is 11.5. The first kappa shape index (κ1) is 13.6. The summed E-state index contributed by atoms with van der Waals surface area (Å²) < 4.78 is 18.3. The second-order valence-corrected chi connectivity index (χ2v) is 5.32. The van der Waals surface area contributed by atoms with Crippen LogP contribution in [0.1, 0.15) is 23.2 Å². The van der Waals surface area contributed by atoms with Gasteiger partial charge in [0.15, 0.2) is 0 Å². The third-order valence-electron chi connectivity index (χ3n) is 3.94. The quantitative estimate of drug-likeness (QED) is 0.730. The molecule has 1 N–H and O–H groups in total. The number of nitrogens with zero attached hydrogens (tertiary/aromatic N) is 2. The molecule has 0 amide bonds. The van der Waals surface area contributed by atoms with Gasteiger partial charge < -0.3 is 9.52 Å². The average Bonchev–Trinajstić information content (AvgIpc) is 2.52. The summed E-state index contributed by atoms with van der Waals surface area (Å²) >= 11 is 0. The van der Waals surface area contributed by atoms with Crippen LogP contribution in [0, 0.1) is 5.82 Å². The maximum atomic E-state index is 13.0. The second kappa shape index (κ2) is 5.01. The first-order valence-corrected chi connectivity index (χ1v) is 7.05. The Bertz CT molecular complexity index is 979. The minimum atomic E-state index is -0.642. The Morgan fingerprint density at radius 2 is 1.70 bits per heavy atom. The van der Waals surface area contributed by atoms with Gasteiger partial charge in [0.05, 0.1) is 5.39 Å². The van der Waals surface area contributed by atoms with Gasteiger partial charge in [0.1, 0.15) is 34.8 Å². The van der Waals surface area contributed by atoms with Gasteiger partial charge in [-0.2, -0.15) is 10.2 Å². The van der Waals surface area contributed by atoms with Gasteiger partial charge in [-0.05, 0) is 29.8 Å². The number of azo groups is 1. The zero-order chi connectivity index (χ0) is 16.0. The predicted octanol–water partition coefficient (Wildman–Crippen LogP) is 3.89. The zero-order valence-corrected chi connectivity index (χ0v) is 11.8. The normalized spacial score (nSPS) is 19.7. The van der Waals surface area contributed by atoms with E-state index < -0.39 is 17.7 Å². The van der Waals surface area contributed by atoms with E-state index in [4.69, 9.17) is 4.42 Å². The van der Waals surface area contributed by atoms with Crippen molar-refractivity contribution in [3.05, 3.63) is 75.9 Å². The standard InChI is InChI=1S/C17H11FN2O3/c18-10-7-5-9(6-8-10)14-15(20-19-14)13-16(21)11-3-1-2-4-12(11)23-17(13)22/h1-8,14-15,21H. The Morgan fingerprint density at radius 3 is 2.39 bits per heavy atom. The molecule has 23 heavy (non-hydrogen) atoms. The van der Waals surface area contributed by atoms with Gasteiger partial charge in [-0.25, -0.2) is 9.18 Å². The van der Waals surface area contributed by atoms with E-state index in [0.717, 1.165) is 5.56 Å². The Kier molecular flexibility index (Phi) is 2.97. The van der Waals surface area contributed by atoms with Crippen LogP contribution in [0.2, 0.25) is 0 Å². The Morgan fingerprint density at radius 1 is 1.00 bits per heavy atom. The minimum Gasteiger partial charge on any atom is -0.507 e. The summed E-state index contributed by atoms with van der Waals surface area (Å²) in [5.74, 6) is -0.498. The molecule has 1 aliphatic heterocycles. The van der Waals surface area contributed by atoms with Crippen molar-refractivity contribution < 1.29 is 13.9 Å². The molecule has 0 saturated carbocycles. The van der Waals surface area contributed by atoms with Crippen LogP contribution >= 0.6 is 0 Å². The summed E-state index contributed by atoms with van der Waals surface area (Å²) in [7, 11) is 0. The number of benzene rings is 2. The van der Waals surface area contributed by atoms with Crippen LogP contribution < -0.4 is 5.63 Å². The van der Waals surface area contributed by atoms with Crippen molar-refractivity contribution in [3.8, 4) is 5.75 Å². The highest BCUT2D eigenvalue weighted by Gasteiger charge is 2.36. The molecule has 2 aromatic carbocycles. The van der Waals surface area contributed by atoms with E-state index in [1.807, 2.05) is 0 Å². The second-order valence-electron chi connectivity index (χ2n) is 5.32. The van der Waals surface area contributed by atoms with E-state index in [1.54, 1.807) is 36.4 Å². The number of halogens is 1. The lowest BCUT2D eigenvalue weighted by atomic mass is 9.92. The molecule has 0 bridgehead atoms. The first-order valence-electron chi connectivity index (χ1n) is 7.05. The van der Waals surface area contributed by atoms with Crippen molar-refractivity contribution in [2.24, 2.45) is 10.2 Å². The lowest BCUT2D eigenvalue weighted by Crippen LogP contribution is -2.21. The molecule has 0 aliphatic carbocycles.